The van der Waals surface area contributed by atoms with Crippen molar-refractivity contribution in [3.8, 4) is 17.4 Å². The van der Waals surface area contributed by atoms with E-state index in [1.165, 1.54) is 6.07 Å². The number of hydrogen-bond donors (Lipinski definition) is 4. The molecule has 0 aliphatic carbocycles. The summed E-state index contributed by atoms with van der Waals surface area (Å²) in [6.45, 7) is 0. The average Bonchev–Trinajstić information content (AvgIpc) is 2.29. The molecule has 0 aliphatic rings. The third-order valence-corrected chi connectivity index (χ3v) is 1.76. The fourth-order valence-corrected chi connectivity index (χ4v) is 1.20. The molecule has 4 heteroatoms. The molecule has 2 rings (SSSR count). The zero-order valence-corrected chi connectivity index (χ0v) is 6.07. The van der Waals surface area contributed by atoms with Crippen molar-refractivity contribution in [2.45, 2.75) is 0 Å². The van der Waals surface area contributed by atoms with Crippen molar-refractivity contribution in [2.75, 3.05) is 0 Å². The van der Waals surface area contributed by atoms with Crippen molar-refractivity contribution >= 4 is 10.9 Å². The van der Waals surface area contributed by atoms with Crippen LogP contribution in [-0.4, -0.2) is 20.3 Å². The zero-order valence-electron chi connectivity index (χ0n) is 6.07. The SMILES string of the molecule is Oc1[nH]c2cccc(O)c2c1O. The van der Waals surface area contributed by atoms with E-state index in [1.54, 1.807) is 12.1 Å². The lowest BCUT2D eigenvalue weighted by molar-refractivity contribution is 0.397. The monoisotopic (exact) mass is 165 g/mol. The van der Waals surface area contributed by atoms with E-state index < -0.39 is 0 Å². The number of fused-ring (bicyclic) bond motifs is 1. The van der Waals surface area contributed by atoms with Gasteiger partial charge in [0.05, 0.1) is 10.9 Å². The van der Waals surface area contributed by atoms with Crippen LogP contribution in [0.3, 0.4) is 0 Å². The van der Waals surface area contributed by atoms with Gasteiger partial charge in [0.15, 0.2) is 5.75 Å². The van der Waals surface area contributed by atoms with Crippen LogP contribution in [0.4, 0.5) is 0 Å². The van der Waals surface area contributed by atoms with Crippen LogP contribution in [-0.2, 0) is 0 Å². The van der Waals surface area contributed by atoms with E-state index >= 15 is 0 Å². The average molecular weight is 165 g/mol. The van der Waals surface area contributed by atoms with Crippen molar-refractivity contribution in [3.05, 3.63) is 18.2 Å². The summed E-state index contributed by atoms with van der Waals surface area (Å²) in [4.78, 5) is 2.51. The first kappa shape index (κ1) is 6.84. The highest BCUT2D eigenvalue weighted by molar-refractivity contribution is 5.93. The highest BCUT2D eigenvalue weighted by Gasteiger charge is 2.11. The van der Waals surface area contributed by atoms with Gasteiger partial charge in [0.2, 0.25) is 5.88 Å². The predicted octanol–water partition coefficient (Wildman–Crippen LogP) is 1.28. The minimum Gasteiger partial charge on any atom is -0.507 e. The van der Waals surface area contributed by atoms with Gasteiger partial charge in [0.25, 0.3) is 0 Å². The van der Waals surface area contributed by atoms with Crippen molar-refractivity contribution in [1.82, 2.24) is 4.98 Å². The molecule has 1 aromatic carbocycles. The van der Waals surface area contributed by atoms with Gasteiger partial charge in [0, 0.05) is 0 Å². The molecule has 0 atom stereocenters. The first-order chi connectivity index (χ1) is 5.70. The summed E-state index contributed by atoms with van der Waals surface area (Å²) in [5.74, 6) is -0.698. The lowest BCUT2D eigenvalue weighted by atomic mass is 10.2. The van der Waals surface area contributed by atoms with Crippen molar-refractivity contribution in [2.24, 2.45) is 0 Å². The van der Waals surface area contributed by atoms with Gasteiger partial charge < -0.3 is 20.3 Å². The number of aromatic nitrogens is 1. The molecular weight excluding hydrogens is 158 g/mol. The maximum atomic E-state index is 9.27. The van der Waals surface area contributed by atoms with E-state index in [0.717, 1.165) is 0 Å². The fourth-order valence-electron chi connectivity index (χ4n) is 1.20. The molecule has 0 amide bonds. The number of H-pyrrole nitrogens is 1. The Bertz CT molecular complexity index is 433. The summed E-state index contributed by atoms with van der Waals surface area (Å²) < 4.78 is 0. The molecule has 4 nitrogen and oxygen atoms in total. The molecule has 1 heterocycles. The molecule has 0 radical (unpaired) electrons. The Balaban J connectivity index is 2.97. The maximum absolute atomic E-state index is 9.27. The van der Waals surface area contributed by atoms with E-state index in [2.05, 4.69) is 4.98 Å². The van der Waals surface area contributed by atoms with Crippen LogP contribution in [0, 0.1) is 0 Å². The van der Waals surface area contributed by atoms with Crippen LogP contribution < -0.4 is 0 Å². The topological polar surface area (TPSA) is 76.5 Å². The van der Waals surface area contributed by atoms with E-state index in [0.29, 0.717) is 5.52 Å². The summed E-state index contributed by atoms with van der Waals surface area (Å²) >= 11 is 0. The first-order valence-corrected chi connectivity index (χ1v) is 3.41. The molecule has 62 valence electrons. The molecule has 0 fully saturated rings. The number of phenolic OH excluding ortho intramolecular Hbond substituents is 1. The molecule has 1 aromatic heterocycles. The maximum Gasteiger partial charge on any atom is 0.233 e. The molecule has 0 unspecified atom stereocenters. The van der Waals surface area contributed by atoms with Crippen LogP contribution in [0.2, 0.25) is 0 Å². The number of aromatic amines is 1. The Hall–Kier alpha value is -1.84. The molecule has 0 spiro atoms. The number of hydrogen-bond acceptors (Lipinski definition) is 3. The quantitative estimate of drug-likeness (QED) is 0.475. The smallest absolute Gasteiger partial charge is 0.233 e. The van der Waals surface area contributed by atoms with Gasteiger partial charge in [-0.25, -0.2) is 0 Å². The van der Waals surface area contributed by atoms with Crippen LogP contribution in [0.15, 0.2) is 18.2 Å². The Labute approximate surface area is 67.7 Å². The summed E-state index contributed by atoms with van der Waals surface area (Å²) in [6, 6.07) is 4.71. The van der Waals surface area contributed by atoms with E-state index in [1.807, 2.05) is 0 Å². The highest BCUT2D eigenvalue weighted by Crippen LogP contribution is 2.38. The largest absolute Gasteiger partial charge is 0.507 e. The minimum absolute atomic E-state index is 0.0541. The fraction of sp³-hybridized carbons (Fsp3) is 0. The van der Waals surface area contributed by atoms with E-state index in [-0.39, 0.29) is 22.8 Å². The van der Waals surface area contributed by atoms with Gasteiger partial charge in [-0.3, -0.25) is 0 Å². The Morgan fingerprint density at radius 2 is 1.83 bits per heavy atom. The number of rotatable bonds is 0. The van der Waals surface area contributed by atoms with Gasteiger partial charge in [-0.1, -0.05) is 6.07 Å². The molecule has 0 aliphatic heterocycles. The van der Waals surface area contributed by atoms with Gasteiger partial charge in [-0.05, 0) is 12.1 Å². The van der Waals surface area contributed by atoms with Crippen LogP contribution in [0.25, 0.3) is 10.9 Å². The number of nitrogens with one attached hydrogen (secondary N) is 1. The van der Waals surface area contributed by atoms with Gasteiger partial charge >= 0.3 is 0 Å². The third-order valence-electron chi connectivity index (χ3n) is 1.76. The minimum atomic E-state index is -0.327. The molecule has 2 aromatic rings. The number of phenols is 1. The Kier molecular flexibility index (Phi) is 1.18. The normalized spacial score (nSPS) is 10.7. The molecule has 0 saturated carbocycles. The van der Waals surface area contributed by atoms with Crippen LogP contribution in [0.5, 0.6) is 17.4 Å². The summed E-state index contributed by atoms with van der Waals surface area (Å²) in [6.07, 6.45) is 0. The molecular formula is C8H7NO3. The lowest BCUT2D eigenvalue weighted by Gasteiger charge is -1.93. The van der Waals surface area contributed by atoms with Crippen molar-refractivity contribution in [3.63, 3.8) is 0 Å². The Morgan fingerprint density at radius 1 is 1.08 bits per heavy atom. The third kappa shape index (κ3) is 0.717. The zero-order chi connectivity index (χ0) is 8.72. The summed E-state index contributed by atoms with van der Waals surface area (Å²) in [5.41, 5.74) is 0.505. The second-order valence-electron chi connectivity index (χ2n) is 2.52. The summed E-state index contributed by atoms with van der Waals surface area (Å²) in [7, 11) is 0. The highest BCUT2D eigenvalue weighted by atomic mass is 16.3. The van der Waals surface area contributed by atoms with Crippen LogP contribution in [0.1, 0.15) is 0 Å². The molecule has 12 heavy (non-hydrogen) atoms. The first-order valence-electron chi connectivity index (χ1n) is 3.41. The lowest BCUT2D eigenvalue weighted by Crippen LogP contribution is -1.67. The van der Waals surface area contributed by atoms with Crippen molar-refractivity contribution < 1.29 is 15.3 Å². The predicted molar refractivity (Wildman–Crippen MR) is 43.3 cm³/mol. The second-order valence-corrected chi connectivity index (χ2v) is 2.52. The van der Waals surface area contributed by atoms with Gasteiger partial charge in [-0.2, -0.15) is 0 Å². The second kappa shape index (κ2) is 2.07. The van der Waals surface area contributed by atoms with Crippen LogP contribution >= 0.6 is 0 Å². The molecule has 4 N–H and O–H groups in total. The molecule has 0 bridgehead atoms. The van der Waals surface area contributed by atoms with Gasteiger partial charge in [0.1, 0.15) is 5.75 Å². The molecule has 0 saturated heterocycles. The number of benzene rings is 1. The van der Waals surface area contributed by atoms with E-state index in [4.69, 9.17) is 5.11 Å². The number of aromatic hydroxyl groups is 3. The van der Waals surface area contributed by atoms with Crippen molar-refractivity contribution in [1.29, 1.82) is 0 Å². The summed E-state index contributed by atoms with van der Waals surface area (Å²) in [5, 5.41) is 27.8. The van der Waals surface area contributed by atoms with Gasteiger partial charge in [-0.15, -0.1) is 0 Å². The standard InChI is InChI=1S/C8H7NO3/c10-5-3-1-2-4-6(5)7(11)8(12)9-4/h1-3,9-12H. The Morgan fingerprint density at radius 3 is 2.50 bits per heavy atom. The van der Waals surface area contributed by atoms with E-state index in [9.17, 15) is 10.2 Å².